The predicted octanol–water partition coefficient (Wildman–Crippen LogP) is 2.65. The van der Waals surface area contributed by atoms with Gasteiger partial charge in [-0.15, -0.1) is 11.6 Å². The topological polar surface area (TPSA) is 61.0 Å². The Morgan fingerprint density at radius 3 is 2.94 bits per heavy atom. The number of nitro benzene ring substituents is 1. The van der Waals surface area contributed by atoms with Crippen LogP contribution in [0.3, 0.4) is 0 Å². The van der Waals surface area contributed by atoms with Crippen molar-refractivity contribution in [2.24, 2.45) is 0 Å². The molecule has 0 bridgehead atoms. The Hall–Kier alpha value is -1.88. The van der Waals surface area contributed by atoms with Crippen LogP contribution in [0.1, 0.15) is 0 Å². The monoisotopic (exact) mass is 237 g/mol. The molecule has 0 aliphatic carbocycles. The summed E-state index contributed by atoms with van der Waals surface area (Å²) in [4.78, 5) is 14.3. The average molecular weight is 238 g/mol. The number of hydrogen-bond donors (Lipinski definition) is 0. The fourth-order valence-corrected chi connectivity index (χ4v) is 1.48. The van der Waals surface area contributed by atoms with Gasteiger partial charge in [0.05, 0.1) is 22.9 Å². The highest BCUT2D eigenvalue weighted by Crippen LogP contribution is 2.22. The number of aromatic nitrogens is 2. The van der Waals surface area contributed by atoms with Crippen LogP contribution in [-0.4, -0.2) is 14.5 Å². The lowest BCUT2D eigenvalue weighted by Gasteiger charge is -1.96. The van der Waals surface area contributed by atoms with Gasteiger partial charge in [0.25, 0.3) is 5.69 Å². The van der Waals surface area contributed by atoms with Crippen molar-refractivity contribution in [1.82, 2.24) is 9.55 Å². The number of benzene rings is 1. The van der Waals surface area contributed by atoms with Gasteiger partial charge in [-0.2, -0.15) is 0 Å². The van der Waals surface area contributed by atoms with E-state index in [1.807, 2.05) is 0 Å². The fourth-order valence-electron chi connectivity index (χ4n) is 1.35. The van der Waals surface area contributed by atoms with Gasteiger partial charge in [-0.3, -0.25) is 10.1 Å². The summed E-state index contributed by atoms with van der Waals surface area (Å²) in [6.07, 6.45) is 3.33. The molecule has 0 saturated carbocycles. The minimum Gasteiger partial charge on any atom is -0.323 e. The summed E-state index contributed by atoms with van der Waals surface area (Å²) in [6.45, 7) is 0. The number of hydrogen-bond acceptors (Lipinski definition) is 3. The second-order valence-electron chi connectivity index (χ2n) is 3.20. The molecule has 16 heavy (non-hydrogen) atoms. The molecule has 1 aromatic heterocycles. The van der Waals surface area contributed by atoms with Gasteiger partial charge < -0.3 is 4.57 Å². The largest absolute Gasteiger partial charge is 0.323 e. The van der Waals surface area contributed by atoms with E-state index >= 15 is 0 Å². The van der Waals surface area contributed by atoms with E-state index in [1.54, 1.807) is 29.2 Å². The Balaban J connectivity index is 2.40. The van der Waals surface area contributed by atoms with E-state index in [-0.39, 0.29) is 5.69 Å². The summed E-state index contributed by atoms with van der Waals surface area (Å²) >= 11 is 5.62. The number of halogens is 1. The fraction of sp³-hybridized carbons (Fsp3) is 0.100. The first-order valence-corrected chi connectivity index (χ1v) is 5.07. The molecule has 0 amide bonds. The molecule has 2 aromatic rings. The summed E-state index contributed by atoms with van der Waals surface area (Å²) in [5, 5.41) is 10.6. The molecule has 0 spiro atoms. The van der Waals surface area contributed by atoms with E-state index in [9.17, 15) is 10.1 Å². The zero-order valence-corrected chi connectivity index (χ0v) is 8.96. The average Bonchev–Trinajstić information content (AvgIpc) is 2.77. The maximum Gasteiger partial charge on any atom is 0.270 e. The maximum atomic E-state index is 10.6. The lowest BCUT2D eigenvalue weighted by molar-refractivity contribution is -0.384. The minimum absolute atomic E-state index is 0.0536. The highest BCUT2D eigenvalue weighted by Gasteiger charge is 2.08. The van der Waals surface area contributed by atoms with Crippen molar-refractivity contribution in [2.75, 3.05) is 0 Å². The number of nitrogens with zero attached hydrogens (tertiary/aromatic N) is 3. The van der Waals surface area contributed by atoms with Gasteiger partial charge in [-0.05, 0) is 0 Å². The summed E-state index contributed by atoms with van der Waals surface area (Å²) in [6, 6.07) is 6.64. The molecule has 6 heteroatoms. The molecule has 0 radical (unpaired) electrons. The standard InChI is InChI=1S/C10H8ClN3O2/c11-6-13-5-10(12-7-13)8-2-1-3-9(4-8)14(15)16/h1-5,7H,6H2. The summed E-state index contributed by atoms with van der Waals surface area (Å²) < 4.78 is 1.69. The quantitative estimate of drug-likeness (QED) is 0.468. The van der Waals surface area contributed by atoms with Crippen LogP contribution in [0.2, 0.25) is 0 Å². The van der Waals surface area contributed by atoms with Crippen molar-refractivity contribution in [1.29, 1.82) is 0 Å². The smallest absolute Gasteiger partial charge is 0.270 e. The minimum atomic E-state index is -0.429. The highest BCUT2D eigenvalue weighted by molar-refractivity contribution is 6.15. The van der Waals surface area contributed by atoms with E-state index < -0.39 is 4.92 Å². The highest BCUT2D eigenvalue weighted by atomic mass is 35.5. The van der Waals surface area contributed by atoms with Crippen LogP contribution in [0.4, 0.5) is 5.69 Å². The second kappa shape index (κ2) is 4.32. The van der Waals surface area contributed by atoms with E-state index in [2.05, 4.69) is 4.98 Å². The van der Waals surface area contributed by atoms with Crippen LogP contribution < -0.4 is 0 Å². The van der Waals surface area contributed by atoms with Crippen molar-refractivity contribution in [3.63, 3.8) is 0 Å². The van der Waals surface area contributed by atoms with Crippen molar-refractivity contribution in [2.45, 2.75) is 6.00 Å². The lowest BCUT2D eigenvalue weighted by Crippen LogP contribution is -1.88. The third-order valence-electron chi connectivity index (χ3n) is 2.12. The molecule has 5 nitrogen and oxygen atoms in total. The zero-order chi connectivity index (χ0) is 11.5. The first-order chi connectivity index (χ1) is 7.70. The number of rotatable bonds is 3. The summed E-state index contributed by atoms with van der Waals surface area (Å²) in [5.41, 5.74) is 1.43. The zero-order valence-electron chi connectivity index (χ0n) is 8.21. The molecule has 1 heterocycles. The van der Waals surface area contributed by atoms with E-state index in [1.165, 1.54) is 12.1 Å². The third kappa shape index (κ3) is 2.04. The number of non-ortho nitro benzene ring substituents is 1. The first-order valence-electron chi connectivity index (χ1n) is 4.53. The van der Waals surface area contributed by atoms with E-state index in [0.29, 0.717) is 17.3 Å². The van der Waals surface area contributed by atoms with Gasteiger partial charge in [0.15, 0.2) is 0 Å². The number of imidazole rings is 1. The lowest BCUT2D eigenvalue weighted by atomic mass is 10.1. The normalized spacial score (nSPS) is 10.3. The SMILES string of the molecule is O=[N+]([O-])c1cccc(-c2cn(CCl)cn2)c1. The Morgan fingerprint density at radius 1 is 1.50 bits per heavy atom. The Labute approximate surface area is 96.4 Å². The van der Waals surface area contributed by atoms with Crippen molar-refractivity contribution in [3.8, 4) is 11.3 Å². The van der Waals surface area contributed by atoms with E-state index in [4.69, 9.17) is 11.6 Å². The van der Waals surface area contributed by atoms with Crippen LogP contribution in [0.15, 0.2) is 36.8 Å². The third-order valence-corrected chi connectivity index (χ3v) is 2.40. The van der Waals surface area contributed by atoms with E-state index in [0.717, 1.165) is 0 Å². The molecule has 0 aliphatic heterocycles. The van der Waals surface area contributed by atoms with Gasteiger partial charge in [-0.25, -0.2) is 4.98 Å². The molecule has 0 unspecified atom stereocenters. The molecule has 0 N–H and O–H groups in total. The Bertz CT molecular complexity index is 524. The molecule has 0 fully saturated rings. The van der Waals surface area contributed by atoms with Crippen LogP contribution >= 0.6 is 11.6 Å². The summed E-state index contributed by atoms with van der Waals surface area (Å²) in [7, 11) is 0. The Morgan fingerprint density at radius 2 is 2.31 bits per heavy atom. The maximum absolute atomic E-state index is 10.6. The molecule has 2 rings (SSSR count). The predicted molar refractivity (Wildman–Crippen MR) is 60.2 cm³/mol. The van der Waals surface area contributed by atoms with Crippen LogP contribution in [0, 0.1) is 10.1 Å². The summed E-state index contributed by atoms with van der Waals surface area (Å²) in [5.74, 6) is 0. The Kier molecular flexibility index (Phi) is 2.87. The molecular formula is C10H8ClN3O2. The number of alkyl halides is 1. The molecule has 0 saturated heterocycles. The van der Waals surface area contributed by atoms with Gasteiger partial charge in [-0.1, -0.05) is 12.1 Å². The molecule has 82 valence electrons. The van der Waals surface area contributed by atoms with Crippen LogP contribution in [0.5, 0.6) is 0 Å². The molecule has 1 aromatic carbocycles. The first kappa shape index (κ1) is 10.6. The van der Waals surface area contributed by atoms with Gasteiger partial charge in [0, 0.05) is 23.9 Å². The molecular weight excluding hydrogens is 230 g/mol. The van der Waals surface area contributed by atoms with Crippen molar-refractivity contribution < 1.29 is 4.92 Å². The van der Waals surface area contributed by atoms with Crippen LogP contribution in [0.25, 0.3) is 11.3 Å². The second-order valence-corrected chi connectivity index (χ2v) is 3.44. The van der Waals surface area contributed by atoms with Gasteiger partial charge in [0.1, 0.15) is 0 Å². The van der Waals surface area contributed by atoms with Crippen LogP contribution in [-0.2, 0) is 6.00 Å². The van der Waals surface area contributed by atoms with Crippen molar-refractivity contribution >= 4 is 17.3 Å². The molecule has 0 aliphatic rings. The van der Waals surface area contributed by atoms with Gasteiger partial charge in [0.2, 0.25) is 0 Å². The number of nitro groups is 1. The molecule has 0 atom stereocenters. The van der Waals surface area contributed by atoms with Crippen molar-refractivity contribution in [3.05, 3.63) is 46.9 Å². The van der Waals surface area contributed by atoms with Gasteiger partial charge >= 0.3 is 0 Å².